The fourth-order valence-electron chi connectivity index (χ4n) is 4.20. The van der Waals surface area contributed by atoms with Gasteiger partial charge in [-0.15, -0.1) is 0 Å². The Morgan fingerprint density at radius 2 is 1.59 bits per heavy atom. The number of nitrogens with zero attached hydrogens (tertiary/aromatic N) is 4. The first-order valence-electron chi connectivity index (χ1n) is 12.7. The van der Waals surface area contributed by atoms with Gasteiger partial charge in [0.1, 0.15) is 24.1 Å². The molecule has 4 rings (SSSR count). The SMILES string of the molecule is CC(=O)OCCN1CCN(c2cc(Nc3ccc(NC(=O)Nc4ccc(Cl)c(C(F)(F)F)c4)cc3)nc(C)n2)CC1. The van der Waals surface area contributed by atoms with Crippen LogP contribution in [0, 0.1) is 6.92 Å². The van der Waals surface area contributed by atoms with Crippen molar-refractivity contribution in [2.45, 2.75) is 20.0 Å². The number of carbonyl (C=O) groups excluding carboxylic acids is 2. The van der Waals surface area contributed by atoms with E-state index in [4.69, 9.17) is 16.3 Å². The Labute approximate surface area is 239 Å². The number of anilines is 5. The quantitative estimate of drug-likeness (QED) is 0.293. The summed E-state index contributed by atoms with van der Waals surface area (Å²) in [6.45, 7) is 7.45. The number of aryl methyl sites for hydroxylation is 1. The zero-order valence-electron chi connectivity index (χ0n) is 22.4. The van der Waals surface area contributed by atoms with Gasteiger partial charge in [-0.05, 0) is 49.4 Å². The van der Waals surface area contributed by atoms with E-state index in [1.54, 1.807) is 24.3 Å². The number of esters is 1. The third-order valence-corrected chi connectivity index (χ3v) is 6.51. The number of alkyl halides is 3. The number of hydrogen-bond acceptors (Lipinski definition) is 8. The highest BCUT2D eigenvalue weighted by atomic mass is 35.5. The number of aromatic nitrogens is 2. The van der Waals surface area contributed by atoms with Gasteiger partial charge in [0.05, 0.1) is 10.6 Å². The zero-order valence-corrected chi connectivity index (χ0v) is 23.1. The molecule has 3 N–H and O–H groups in total. The Bertz CT molecular complexity index is 1380. The first-order chi connectivity index (χ1) is 19.5. The Hall–Kier alpha value is -4.10. The molecule has 1 fully saturated rings. The van der Waals surface area contributed by atoms with Crippen LogP contribution in [-0.2, 0) is 15.7 Å². The lowest BCUT2D eigenvalue weighted by Gasteiger charge is -2.35. The zero-order chi connectivity index (χ0) is 29.6. The summed E-state index contributed by atoms with van der Waals surface area (Å²) in [6, 6.07) is 11.1. The second-order valence-corrected chi connectivity index (χ2v) is 9.71. The molecular formula is C27H29ClF3N7O3. The van der Waals surface area contributed by atoms with Crippen molar-refractivity contribution >= 4 is 52.3 Å². The van der Waals surface area contributed by atoms with E-state index in [9.17, 15) is 22.8 Å². The van der Waals surface area contributed by atoms with Crippen LogP contribution < -0.4 is 20.9 Å². The molecule has 2 heterocycles. The van der Waals surface area contributed by atoms with Crippen molar-refractivity contribution in [3.63, 3.8) is 0 Å². The number of piperazine rings is 1. The standard InChI is InChI=1S/C27H29ClF3N7O3/c1-17-32-24(16-25(33-17)38-11-9-37(10-12-38)13-14-41-18(2)39)34-19-3-5-20(6-4-19)35-26(40)36-21-7-8-23(28)22(15-21)27(29,30)31/h3-8,15-16H,9-14H2,1-2H3,(H,32,33,34)(H2,35,36,40). The smallest absolute Gasteiger partial charge is 0.417 e. The summed E-state index contributed by atoms with van der Waals surface area (Å²) in [5.74, 6) is 1.72. The van der Waals surface area contributed by atoms with Crippen molar-refractivity contribution in [2.75, 3.05) is 60.2 Å². The van der Waals surface area contributed by atoms with Crippen LogP contribution >= 0.6 is 11.6 Å². The van der Waals surface area contributed by atoms with Gasteiger partial charge in [0.25, 0.3) is 0 Å². The summed E-state index contributed by atoms with van der Waals surface area (Å²) in [5, 5.41) is 7.74. The molecule has 14 heteroatoms. The third-order valence-electron chi connectivity index (χ3n) is 6.18. The minimum atomic E-state index is -4.64. The van der Waals surface area contributed by atoms with Crippen LogP contribution in [0.15, 0.2) is 48.5 Å². The molecule has 0 atom stereocenters. The van der Waals surface area contributed by atoms with Gasteiger partial charge in [-0.2, -0.15) is 13.2 Å². The predicted molar refractivity (Wildman–Crippen MR) is 151 cm³/mol. The highest BCUT2D eigenvalue weighted by molar-refractivity contribution is 6.31. The molecule has 1 saturated heterocycles. The van der Waals surface area contributed by atoms with Crippen molar-refractivity contribution in [3.05, 3.63) is 64.9 Å². The second kappa shape index (κ2) is 13.0. The Balaban J connectivity index is 1.32. The molecule has 0 aliphatic carbocycles. The molecule has 1 aliphatic rings. The van der Waals surface area contributed by atoms with Crippen molar-refractivity contribution in [1.82, 2.24) is 14.9 Å². The Morgan fingerprint density at radius 1 is 0.951 bits per heavy atom. The molecule has 2 aromatic carbocycles. The molecular weight excluding hydrogens is 563 g/mol. The first-order valence-corrected chi connectivity index (χ1v) is 13.1. The van der Waals surface area contributed by atoms with E-state index in [1.165, 1.54) is 13.0 Å². The van der Waals surface area contributed by atoms with Gasteiger partial charge >= 0.3 is 18.2 Å². The topological polar surface area (TPSA) is 112 Å². The summed E-state index contributed by atoms with van der Waals surface area (Å²) in [7, 11) is 0. The second-order valence-electron chi connectivity index (χ2n) is 9.30. The fraction of sp³-hybridized carbons (Fsp3) is 0.333. The molecule has 0 spiro atoms. The lowest BCUT2D eigenvalue weighted by atomic mass is 10.2. The molecule has 0 radical (unpaired) electrons. The number of urea groups is 1. The molecule has 0 saturated carbocycles. The van der Waals surface area contributed by atoms with E-state index in [2.05, 4.69) is 35.7 Å². The minimum Gasteiger partial charge on any atom is -0.465 e. The van der Waals surface area contributed by atoms with Crippen molar-refractivity contribution in [1.29, 1.82) is 0 Å². The molecule has 218 valence electrons. The summed E-state index contributed by atoms with van der Waals surface area (Å²) in [6.07, 6.45) is -4.64. The lowest BCUT2D eigenvalue weighted by Crippen LogP contribution is -2.47. The van der Waals surface area contributed by atoms with Crippen molar-refractivity contribution in [2.24, 2.45) is 0 Å². The van der Waals surface area contributed by atoms with Crippen molar-refractivity contribution in [3.8, 4) is 0 Å². The fourth-order valence-corrected chi connectivity index (χ4v) is 4.42. The van der Waals surface area contributed by atoms with Gasteiger partial charge in [0.15, 0.2) is 0 Å². The van der Waals surface area contributed by atoms with Gasteiger partial charge in [-0.3, -0.25) is 9.69 Å². The average molecular weight is 592 g/mol. The van der Waals surface area contributed by atoms with Gasteiger partial charge < -0.3 is 25.6 Å². The molecule has 10 nitrogen and oxygen atoms in total. The molecule has 0 unspecified atom stereocenters. The number of halogens is 4. The van der Waals surface area contributed by atoms with E-state index in [0.717, 1.165) is 44.1 Å². The summed E-state index contributed by atoms with van der Waals surface area (Å²) in [4.78, 5) is 36.7. The summed E-state index contributed by atoms with van der Waals surface area (Å²) in [5.41, 5.74) is 0.0666. The highest BCUT2D eigenvalue weighted by Crippen LogP contribution is 2.36. The van der Waals surface area contributed by atoms with Crippen LogP contribution in [0.5, 0.6) is 0 Å². The van der Waals surface area contributed by atoms with Crippen LogP contribution in [0.1, 0.15) is 18.3 Å². The van der Waals surface area contributed by atoms with Gasteiger partial charge in [0.2, 0.25) is 0 Å². The van der Waals surface area contributed by atoms with Gasteiger partial charge in [-0.25, -0.2) is 14.8 Å². The Morgan fingerprint density at radius 3 is 2.24 bits per heavy atom. The molecule has 2 amide bonds. The van der Waals surface area contributed by atoms with Crippen LogP contribution in [0.3, 0.4) is 0 Å². The molecule has 3 aromatic rings. The largest absolute Gasteiger partial charge is 0.465 e. The number of amides is 2. The van der Waals surface area contributed by atoms with Gasteiger partial charge in [0, 0.05) is 62.8 Å². The maximum atomic E-state index is 13.1. The summed E-state index contributed by atoms with van der Waals surface area (Å²) < 4.78 is 44.3. The van der Waals surface area contributed by atoms with E-state index < -0.39 is 22.8 Å². The highest BCUT2D eigenvalue weighted by Gasteiger charge is 2.33. The molecule has 1 aliphatic heterocycles. The van der Waals surface area contributed by atoms with E-state index in [-0.39, 0.29) is 11.7 Å². The first kappa shape index (κ1) is 29.9. The normalized spacial score (nSPS) is 14.0. The Kier molecular flexibility index (Phi) is 9.50. The monoisotopic (exact) mass is 591 g/mol. The van der Waals surface area contributed by atoms with Crippen LogP contribution in [-0.4, -0.2) is 66.2 Å². The number of carbonyl (C=O) groups is 2. The van der Waals surface area contributed by atoms with E-state index in [1.807, 2.05) is 13.0 Å². The lowest BCUT2D eigenvalue weighted by molar-refractivity contribution is -0.141. The third kappa shape index (κ3) is 8.69. The maximum Gasteiger partial charge on any atom is 0.417 e. The maximum absolute atomic E-state index is 13.1. The molecule has 0 bridgehead atoms. The van der Waals surface area contributed by atoms with Gasteiger partial charge in [-0.1, -0.05) is 11.6 Å². The molecule has 1 aromatic heterocycles. The minimum absolute atomic E-state index is 0.0455. The average Bonchev–Trinajstić information content (AvgIpc) is 2.90. The van der Waals surface area contributed by atoms with Crippen molar-refractivity contribution < 1.29 is 27.5 Å². The molecule has 41 heavy (non-hydrogen) atoms. The number of benzene rings is 2. The van der Waals surface area contributed by atoms with E-state index >= 15 is 0 Å². The number of nitrogens with one attached hydrogen (secondary N) is 3. The number of hydrogen-bond donors (Lipinski definition) is 3. The number of ether oxygens (including phenoxy) is 1. The summed E-state index contributed by atoms with van der Waals surface area (Å²) >= 11 is 5.63. The van der Waals surface area contributed by atoms with Crippen LogP contribution in [0.4, 0.5) is 46.7 Å². The van der Waals surface area contributed by atoms with Crippen LogP contribution in [0.25, 0.3) is 0 Å². The van der Waals surface area contributed by atoms with E-state index in [0.29, 0.717) is 36.2 Å². The number of rotatable bonds is 8. The van der Waals surface area contributed by atoms with Crippen LogP contribution in [0.2, 0.25) is 5.02 Å². The predicted octanol–water partition coefficient (Wildman–Crippen LogP) is 5.53.